The SMILES string of the molecule is C[C@H]1CN([C@H]2CCN3c4ccc5c(c4OC[C@@H]3C2)C(=O)N(C2CCC(=O)NC2=O)C5=O)CCN1c1ccc(Nc2cc(-c3ccnc(N4CCn5c(cc6c5CC(C)(C)C6)C4=O)c3CO)cn(C)c2=O)nc1. The molecule has 0 radical (unpaired) electrons. The molecule has 5 amide bonds. The highest BCUT2D eigenvalue weighted by Crippen LogP contribution is 2.46. The van der Waals surface area contributed by atoms with Crippen molar-refractivity contribution in [1.82, 2.24) is 34.2 Å². The fraction of sp³-hybridized carbons (Fsp3) is 0.434. The Labute approximate surface area is 415 Å². The van der Waals surface area contributed by atoms with Gasteiger partial charge >= 0.3 is 0 Å². The molecule has 3 fully saturated rings. The van der Waals surface area contributed by atoms with Gasteiger partial charge in [-0.1, -0.05) is 13.8 Å². The van der Waals surface area contributed by atoms with Crippen molar-refractivity contribution >= 4 is 58.2 Å². The number of hydrogen-bond donors (Lipinski definition) is 3. The van der Waals surface area contributed by atoms with Crippen molar-refractivity contribution in [2.24, 2.45) is 12.5 Å². The summed E-state index contributed by atoms with van der Waals surface area (Å²) < 4.78 is 9.99. The maximum atomic E-state index is 14.0. The maximum absolute atomic E-state index is 14.0. The maximum Gasteiger partial charge on any atom is 0.276 e. The molecule has 72 heavy (non-hydrogen) atoms. The van der Waals surface area contributed by atoms with Gasteiger partial charge in [0.1, 0.15) is 35.7 Å². The molecule has 1 aliphatic carbocycles. The summed E-state index contributed by atoms with van der Waals surface area (Å²) in [6.07, 6.45) is 9.00. The highest BCUT2D eigenvalue weighted by atomic mass is 16.5. The van der Waals surface area contributed by atoms with Gasteiger partial charge in [-0.2, -0.15) is 0 Å². The van der Waals surface area contributed by atoms with Crippen LogP contribution in [0.25, 0.3) is 11.1 Å². The third-order valence-electron chi connectivity index (χ3n) is 16.0. The Bertz CT molecular complexity index is 3200. The van der Waals surface area contributed by atoms with Gasteiger partial charge in [-0.25, -0.2) is 9.97 Å². The standard InChI is InChI=1S/C53H57N11O8/c1-29-25-59(32-12-14-61-34(21-32)28-72-46-39(61)7-6-36-45(46)52(71)64(49(36)68)40-8-10-44(66)57-48(40)67)15-16-60(29)33-5-9-43(55-24-33)56-38-19-31(26-58(4)50(38)69)35-11-13-54-47(37(35)27-65)63-18-17-62-41(51(63)70)20-30-22-53(2,3)23-42(30)62/h5-7,9,11,13,19-20,24,26,29,32,34,40,65H,8,10,12,14-18,21-23,25,27-28H2,1-4H3,(H,55,56)(H,57,66,67)/t29-,32-,34-,40?/m0/s1. The van der Waals surface area contributed by atoms with Gasteiger partial charge in [-0.05, 0) is 98.0 Å². The molecule has 0 spiro atoms. The van der Waals surface area contributed by atoms with Gasteiger partial charge in [0.2, 0.25) is 11.8 Å². The molecule has 4 aromatic heterocycles. The van der Waals surface area contributed by atoms with E-state index in [9.17, 15) is 33.9 Å². The van der Waals surface area contributed by atoms with Crippen LogP contribution in [0.2, 0.25) is 0 Å². The number of aliphatic hydroxyl groups is 1. The number of piperazine rings is 1. The Morgan fingerprint density at radius 3 is 2.50 bits per heavy atom. The van der Waals surface area contributed by atoms with Crippen molar-refractivity contribution in [3.8, 4) is 16.9 Å². The first kappa shape index (κ1) is 45.7. The molecule has 12 rings (SSSR count). The predicted octanol–water partition coefficient (Wildman–Crippen LogP) is 4.01. The number of amides is 5. The van der Waals surface area contributed by atoms with Crippen molar-refractivity contribution in [2.75, 3.05) is 59.3 Å². The number of nitrogens with zero attached hydrogens (tertiary/aromatic N) is 9. The highest BCUT2D eigenvalue weighted by Gasteiger charge is 2.49. The summed E-state index contributed by atoms with van der Waals surface area (Å²) in [5.74, 6) is -1.01. The number of fused-ring (bicyclic) bond motifs is 8. The second-order valence-electron chi connectivity index (χ2n) is 21.2. The number of rotatable bonds is 8. The zero-order chi connectivity index (χ0) is 49.9. The van der Waals surface area contributed by atoms with E-state index in [1.807, 2.05) is 30.5 Å². The number of aliphatic hydroxyl groups excluding tert-OH is 1. The van der Waals surface area contributed by atoms with E-state index in [0.717, 1.165) is 68.1 Å². The number of ether oxygens (including phenoxy) is 1. The number of nitrogens with one attached hydrogen (secondary N) is 2. The summed E-state index contributed by atoms with van der Waals surface area (Å²) in [4.78, 5) is 98.5. The van der Waals surface area contributed by atoms with Crippen LogP contribution in [0.15, 0.2) is 65.8 Å². The van der Waals surface area contributed by atoms with Gasteiger partial charge in [0.05, 0.1) is 41.3 Å². The molecule has 1 unspecified atom stereocenters. The number of aromatic nitrogens is 4. The third kappa shape index (κ3) is 7.45. The molecule has 0 bridgehead atoms. The molecular weight excluding hydrogens is 919 g/mol. The number of carbonyl (C=O) groups excluding carboxylic acids is 5. The van der Waals surface area contributed by atoms with Crippen molar-refractivity contribution in [3.63, 3.8) is 0 Å². The lowest BCUT2D eigenvalue weighted by atomic mass is 9.90. The van der Waals surface area contributed by atoms with Crippen molar-refractivity contribution in [3.05, 3.63) is 105 Å². The minimum atomic E-state index is -1.04. The topological polar surface area (TPSA) is 208 Å². The summed E-state index contributed by atoms with van der Waals surface area (Å²) in [5, 5.41) is 16.3. The van der Waals surface area contributed by atoms with Gasteiger partial charge < -0.3 is 34.1 Å². The molecule has 3 saturated heterocycles. The van der Waals surface area contributed by atoms with Crippen LogP contribution in [-0.4, -0.2) is 127 Å². The lowest BCUT2D eigenvalue weighted by Crippen LogP contribution is -2.59. The van der Waals surface area contributed by atoms with E-state index >= 15 is 0 Å². The lowest BCUT2D eigenvalue weighted by Gasteiger charge is -2.50. The summed E-state index contributed by atoms with van der Waals surface area (Å²) in [7, 11) is 1.68. The first-order chi connectivity index (χ1) is 34.7. The summed E-state index contributed by atoms with van der Waals surface area (Å²) in [5.41, 5.74) is 7.36. The number of carbonyl (C=O) groups is 5. The highest BCUT2D eigenvalue weighted by molar-refractivity contribution is 6.25. The molecule has 6 aliphatic heterocycles. The molecule has 19 heteroatoms. The average molecular weight is 976 g/mol. The van der Waals surface area contributed by atoms with Gasteiger partial charge in [0.25, 0.3) is 23.3 Å². The number of pyridine rings is 3. The number of benzene rings is 1. The van der Waals surface area contributed by atoms with Crippen LogP contribution in [0, 0.1) is 5.41 Å². The molecule has 5 aromatic rings. The minimum Gasteiger partial charge on any atom is -0.488 e. The zero-order valence-corrected chi connectivity index (χ0v) is 40.8. The Morgan fingerprint density at radius 2 is 1.72 bits per heavy atom. The third-order valence-corrected chi connectivity index (χ3v) is 16.0. The van der Waals surface area contributed by atoms with E-state index in [0.29, 0.717) is 71.2 Å². The molecule has 4 atom stereocenters. The van der Waals surface area contributed by atoms with Crippen molar-refractivity contribution < 1.29 is 33.8 Å². The van der Waals surface area contributed by atoms with Crippen LogP contribution in [0.1, 0.15) is 94.5 Å². The van der Waals surface area contributed by atoms with E-state index in [-0.39, 0.29) is 59.5 Å². The van der Waals surface area contributed by atoms with Crippen molar-refractivity contribution in [2.45, 2.75) is 96.6 Å². The van der Waals surface area contributed by atoms with Crippen LogP contribution in [0.4, 0.5) is 28.7 Å². The minimum absolute atomic E-state index is 0.0554. The normalized spacial score (nSPS) is 23.6. The Morgan fingerprint density at radius 1 is 0.875 bits per heavy atom. The van der Waals surface area contributed by atoms with E-state index in [2.05, 4.69) is 55.7 Å². The fourth-order valence-electron chi connectivity index (χ4n) is 12.6. The Hall–Kier alpha value is -7.38. The van der Waals surface area contributed by atoms with E-state index < -0.39 is 29.7 Å². The molecule has 7 aliphatic rings. The second kappa shape index (κ2) is 17.1. The van der Waals surface area contributed by atoms with Crippen LogP contribution >= 0.6 is 0 Å². The largest absolute Gasteiger partial charge is 0.488 e. The first-order valence-electron chi connectivity index (χ1n) is 25.0. The van der Waals surface area contributed by atoms with Gasteiger partial charge in [0, 0.05) is 94.0 Å². The van der Waals surface area contributed by atoms with Crippen molar-refractivity contribution in [1.29, 1.82) is 0 Å². The zero-order valence-electron chi connectivity index (χ0n) is 40.8. The predicted molar refractivity (Wildman–Crippen MR) is 267 cm³/mol. The molecule has 10 heterocycles. The molecular formula is C53H57N11O8. The van der Waals surface area contributed by atoms with E-state index in [1.54, 1.807) is 42.5 Å². The lowest BCUT2D eigenvalue weighted by molar-refractivity contribution is -0.136. The smallest absolute Gasteiger partial charge is 0.276 e. The number of aryl methyl sites for hydroxylation is 1. The van der Waals surface area contributed by atoms with Gasteiger partial charge in [-0.15, -0.1) is 0 Å². The average Bonchev–Trinajstić information content (AvgIpc) is 3.96. The molecule has 3 N–H and O–H groups in total. The quantitative estimate of drug-likeness (QED) is 0.188. The first-order valence-corrected chi connectivity index (χ1v) is 25.0. The Kier molecular flexibility index (Phi) is 10.9. The summed E-state index contributed by atoms with van der Waals surface area (Å²) in [6.45, 7) is 11.1. The van der Waals surface area contributed by atoms with Crippen LogP contribution in [-0.2, 0) is 42.6 Å². The number of anilines is 5. The fourth-order valence-corrected chi connectivity index (χ4v) is 12.6. The van der Waals surface area contributed by atoms with Crippen LogP contribution in [0.5, 0.6) is 5.75 Å². The molecule has 0 saturated carbocycles. The van der Waals surface area contributed by atoms with Crippen LogP contribution in [0.3, 0.4) is 0 Å². The van der Waals surface area contributed by atoms with E-state index in [1.165, 1.54) is 15.8 Å². The summed E-state index contributed by atoms with van der Waals surface area (Å²) >= 11 is 0. The number of hydrogen-bond acceptors (Lipinski definition) is 14. The molecule has 19 nitrogen and oxygen atoms in total. The Balaban J connectivity index is 0.694. The number of imide groups is 2. The van der Waals surface area contributed by atoms with Crippen LogP contribution < -0.4 is 35.6 Å². The summed E-state index contributed by atoms with van der Waals surface area (Å²) in [6, 6.07) is 12.5. The van der Waals surface area contributed by atoms with Gasteiger partial charge in [0.15, 0.2) is 5.75 Å². The van der Waals surface area contributed by atoms with Gasteiger partial charge in [-0.3, -0.25) is 48.8 Å². The number of piperidine rings is 2. The monoisotopic (exact) mass is 975 g/mol. The molecule has 372 valence electrons. The molecule has 1 aromatic carbocycles. The second-order valence-corrected chi connectivity index (χ2v) is 21.2. The van der Waals surface area contributed by atoms with E-state index in [4.69, 9.17) is 9.72 Å².